The van der Waals surface area contributed by atoms with Crippen molar-refractivity contribution < 1.29 is 9.59 Å². The molecule has 0 spiro atoms. The molecule has 0 aromatic carbocycles. The second-order valence-electron chi connectivity index (χ2n) is 6.85. The molecule has 2 saturated heterocycles. The Bertz CT molecular complexity index is 604. The summed E-state index contributed by atoms with van der Waals surface area (Å²) in [6.07, 6.45) is 6.34. The van der Waals surface area contributed by atoms with Crippen molar-refractivity contribution in [2.24, 2.45) is 0 Å². The van der Waals surface area contributed by atoms with Gasteiger partial charge in [-0.1, -0.05) is 6.42 Å². The third kappa shape index (κ3) is 4.69. The van der Waals surface area contributed by atoms with Crippen LogP contribution in [-0.2, 0) is 4.79 Å². The summed E-state index contributed by atoms with van der Waals surface area (Å²) in [5.41, 5.74) is 0.558. The molecule has 1 atom stereocenters. The van der Waals surface area contributed by atoms with Crippen LogP contribution in [-0.4, -0.2) is 67.5 Å². The van der Waals surface area contributed by atoms with E-state index in [1.54, 1.807) is 12.3 Å². The number of nitrogens with one attached hydrogen (secondary N) is 2. The number of hydrogen-bond donors (Lipinski definition) is 2. The molecule has 2 amide bonds. The quantitative estimate of drug-likeness (QED) is 0.818. The van der Waals surface area contributed by atoms with Crippen molar-refractivity contribution in [3.05, 3.63) is 23.9 Å². The molecule has 2 fully saturated rings. The van der Waals surface area contributed by atoms with Crippen LogP contribution >= 0.6 is 0 Å². The number of nitrogens with zero attached hydrogens (tertiary/aromatic N) is 3. The average Bonchev–Trinajstić information content (AvgIpc) is 2.63. The van der Waals surface area contributed by atoms with E-state index in [1.807, 2.05) is 11.0 Å². The minimum Gasteiger partial charge on any atom is -0.353 e. The van der Waals surface area contributed by atoms with Gasteiger partial charge in [0.2, 0.25) is 5.91 Å². The minimum atomic E-state index is -0.0890. The summed E-state index contributed by atoms with van der Waals surface area (Å²) in [6, 6.07) is 4.15. The fraction of sp³-hybridized carbons (Fsp3) is 0.611. The first-order valence-electron chi connectivity index (χ1n) is 9.09. The Kier molecular flexibility index (Phi) is 5.86. The van der Waals surface area contributed by atoms with Crippen molar-refractivity contribution in [2.45, 2.75) is 31.7 Å². The fourth-order valence-electron chi connectivity index (χ4n) is 3.50. The number of pyridine rings is 1. The van der Waals surface area contributed by atoms with Gasteiger partial charge in [0.15, 0.2) is 0 Å². The number of carbonyl (C=O) groups excluding carboxylic acids is 2. The summed E-state index contributed by atoms with van der Waals surface area (Å²) >= 11 is 0. The van der Waals surface area contributed by atoms with E-state index in [9.17, 15) is 9.59 Å². The predicted molar refractivity (Wildman–Crippen MR) is 96.7 cm³/mol. The number of piperidine rings is 1. The topological polar surface area (TPSA) is 77.6 Å². The van der Waals surface area contributed by atoms with E-state index >= 15 is 0 Å². The largest absolute Gasteiger partial charge is 0.353 e. The normalized spacial score (nSPS) is 21.7. The zero-order valence-corrected chi connectivity index (χ0v) is 14.8. The highest BCUT2D eigenvalue weighted by Crippen LogP contribution is 2.17. The van der Waals surface area contributed by atoms with Gasteiger partial charge in [0, 0.05) is 31.9 Å². The molecule has 2 N–H and O–H groups in total. The molecule has 3 rings (SSSR count). The molecule has 3 heterocycles. The van der Waals surface area contributed by atoms with E-state index in [4.69, 9.17) is 0 Å². The minimum absolute atomic E-state index is 0.00236. The zero-order chi connectivity index (χ0) is 17.6. The van der Waals surface area contributed by atoms with Gasteiger partial charge in [0.1, 0.15) is 5.82 Å². The molecule has 1 aromatic heterocycles. The van der Waals surface area contributed by atoms with Gasteiger partial charge in [0.05, 0.1) is 12.1 Å². The summed E-state index contributed by atoms with van der Waals surface area (Å²) in [6.45, 7) is 3.51. The van der Waals surface area contributed by atoms with Crippen LogP contribution in [0.25, 0.3) is 0 Å². The van der Waals surface area contributed by atoms with Crippen LogP contribution in [0, 0.1) is 0 Å². The van der Waals surface area contributed by atoms with E-state index < -0.39 is 0 Å². The standard InChI is InChI=1S/C18H27N5O2/c1-22-10-3-2-4-15(22)7-8-20-18(25)14-5-6-16(21-12-14)23-11-9-19-17(24)13-23/h5-6,12,15H,2-4,7-11,13H2,1H3,(H,19,24)(H,20,25)/t15-/m1/s1. The summed E-state index contributed by atoms with van der Waals surface area (Å²) in [4.78, 5) is 32.4. The highest BCUT2D eigenvalue weighted by Gasteiger charge is 2.19. The van der Waals surface area contributed by atoms with Crippen LogP contribution < -0.4 is 15.5 Å². The van der Waals surface area contributed by atoms with Crippen LogP contribution in [0.5, 0.6) is 0 Å². The molecular formula is C18H27N5O2. The third-order valence-corrected chi connectivity index (χ3v) is 5.06. The van der Waals surface area contributed by atoms with Gasteiger partial charge in [-0.05, 0) is 45.0 Å². The number of hydrogen-bond acceptors (Lipinski definition) is 5. The number of aromatic nitrogens is 1. The predicted octanol–water partition coefficient (Wildman–Crippen LogP) is 0.622. The van der Waals surface area contributed by atoms with Gasteiger partial charge in [-0.25, -0.2) is 4.98 Å². The molecule has 2 aliphatic heterocycles. The van der Waals surface area contributed by atoms with Gasteiger partial charge >= 0.3 is 0 Å². The molecule has 2 aliphatic rings. The van der Waals surface area contributed by atoms with Crippen molar-refractivity contribution in [1.82, 2.24) is 20.5 Å². The Morgan fingerprint density at radius 2 is 2.24 bits per heavy atom. The third-order valence-electron chi connectivity index (χ3n) is 5.06. The first kappa shape index (κ1) is 17.7. The maximum atomic E-state index is 12.3. The summed E-state index contributed by atoms with van der Waals surface area (Å²) in [7, 11) is 2.16. The lowest BCUT2D eigenvalue weighted by molar-refractivity contribution is -0.120. The Balaban J connectivity index is 1.48. The Hall–Kier alpha value is -2.15. The lowest BCUT2D eigenvalue weighted by Gasteiger charge is -2.32. The Morgan fingerprint density at radius 3 is 2.96 bits per heavy atom. The first-order chi connectivity index (χ1) is 12.1. The van der Waals surface area contributed by atoms with Crippen molar-refractivity contribution in [3.8, 4) is 0 Å². The highest BCUT2D eigenvalue weighted by molar-refractivity contribution is 5.94. The highest BCUT2D eigenvalue weighted by atomic mass is 16.2. The van der Waals surface area contributed by atoms with E-state index in [1.165, 1.54) is 19.3 Å². The monoisotopic (exact) mass is 345 g/mol. The number of amides is 2. The van der Waals surface area contributed by atoms with E-state index in [0.717, 1.165) is 25.3 Å². The van der Waals surface area contributed by atoms with Crippen molar-refractivity contribution in [1.29, 1.82) is 0 Å². The molecule has 0 bridgehead atoms. The summed E-state index contributed by atoms with van der Waals surface area (Å²) < 4.78 is 0. The van der Waals surface area contributed by atoms with Crippen LogP contribution in [0.4, 0.5) is 5.82 Å². The summed E-state index contributed by atoms with van der Waals surface area (Å²) in [5.74, 6) is 0.645. The maximum Gasteiger partial charge on any atom is 0.252 e. The lowest BCUT2D eigenvalue weighted by Crippen LogP contribution is -2.48. The number of likely N-dealkylation sites (tertiary alicyclic amines) is 1. The van der Waals surface area contributed by atoms with Gasteiger partial charge in [-0.3, -0.25) is 9.59 Å². The zero-order valence-electron chi connectivity index (χ0n) is 14.8. The van der Waals surface area contributed by atoms with E-state index in [-0.39, 0.29) is 11.8 Å². The number of rotatable bonds is 5. The fourth-order valence-corrected chi connectivity index (χ4v) is 3.50. The summed E-state index contributed by atoms with van der Waals surface area (Å²) in [5, 5.41) is 5.78. The molecule has 0 radical (unpaired) electrons. The maximum absolute atomic E-state index is 12.3. The molecule has 0 unspecified atom stereocenters. The molecule has 25 heavy (non-hydrogen) atoms. The van der Waals surface area contributed by atoms with Crippen LogP contribution in [0.15, 0.2) is 18.3 Å². The molecule has 0 saturated carbocycles. The van der Waals surface area contributed by atoms with Crippen molar-refractivity contribution in [2.75, 3.05) is 44.7 Å². The number of anilines is 1. The molecule has 0 aliphatic carbocycles. The molecule has 136 valence electrons. The van der Waals surface area contributed by atoms with Gasteiger partial charge in [0.25, 0.3) is 5.91 Å². The second-order valence-corrected chi connectivity index (χ2v) is 6.85. The molecule has 1 aromatic rings. The average molecular weight is 345 g/mol. The van der Waals surface area contributed by atoms with Gasteiger partial charge in [-0.15, -0.1) is 0 Å². The van der Waals surface area contributed by atoms with Crippen LogP contribution in [0.1, 0.15) is 36.0 Å². The van der Waals surface area contributed by atoms with Gasteiger partial charge in [-0.2, -0.15) is 0 Å². The number of carbonyl (C=O) groups is 2. The Morgan fingerprint density at radius 1 is 1.36 bits per heavy atom. The van der Waals surface area contributed by atoms with Crippen LogP contribution in [0.3, 0.4) is 0 Å². The molecule has 7 heteroatoms. The second kappa shape index (κ2) is 8.29. The SMILES string of the molecule is CN1CCCC[C@@H]1CCNC(=O)c1ccc(N2CCNC(=O)C2)nc1. The van der Waals surface area contributed by atoms with Crippen LogP contribution in [0.2, 0.25) is 0 Å². The van der Waals surface area contributed by atoms with Crippen molar-refractivity contribution >= 4 is 17.6 Å². The lowest BCUT2D eigenvalue weighted by atomic mass is 10.0. The number of piperazine rings is 1. The first-order valence-corrected chi connectivity index (χ1v) is 9.09. The smallest absolute Gasteiger partial charge is 0.252 e. The molecule has 7 nitrogen and oxygen atoms in total. The Labute approximate surface area is 148 Å². The van der Waals surface area contributed by atoms with E-state index in [0.29, 0.717) is 31.2 Å². The van der Waals surface area contributed by atoms with Crippen molar-refractivity contribution in [3.63, 3.8) is 0 Å². The molecular weight excluding hydrogens is 318 g/mol. The van der Waals surface area contributed by atoms with Gasteiger partial charge < -0.3 is 20.4 Å². The van der Waals surface area contributed by atoms with E-state index in [2.05, 4.69) is 27.6 Å².